The van der Waals surface area contributed by atoms with Gasteiger partial charge in [-0.15, -0.1) is 0 Å². The molecule has 0 unspecified atom stereocenters. The van der Waals surface area contributed by atoms with Gasteiger partial charge < -0.3 is 4.74 Å². The predicted molar refractivity (Wildman–Crippen MR) is 40.9 cm³/mol. The van der Waals surface area contributed by atoms with Crippen LogP contribution in [0.25, 0.3) is 0 Å². The van der Waals surface area contributed by atoms with E-state index in [0.29, 0.717) is 0 Å². The number of hydrogen-bond acceptors (Lipinski definition) is 1. The molecule has 0 aliphatic heterocycles. The molecular formula is C8H15F3O. The van der Waals surface area contributed by atoms with Gasteiger partial charge in [-0.3, -0.25) is 0 Å². The third-order valence-electron chi connectivity index (χ3n) is 1.46. The minimum atomic E-state index is -4.29. The quantitative estimate of drug-likeness (QED) is 0.655. The molecule has 0 atom stereocenters. The monoisotopic (exact) mass is 184 g/mol. The second-order valence-corrected chi connectivity index (χ2v) is 3.71. The average Bonchev–Trinajstić information content (AvgIpc) is 1.81. The molecule has 0 aliphatic rings. The molecule has 0 N–H and O–H groups in total. The maximum absolute atomic E-state index is 12.2. The standard InChI is InChI=1S/C8H15F3O/c1-6(2)5-12-7(3,4)8(9,10)11/h6H,5H2,1-4H3. The summed E-state index contributed by atoms with van der Waals surface area (Å²) in [7, 11) is 0. The summed E-state index contributed by atoms with van der Waals surface area (Å²) < 4.78 is 41.2. The lowest BCUT2D eigenvalue weighted by Crippen LogP contribution is -2.42. The van der Waals surface area contributed by atoms with Crippen molar-refractivity contribution in [3.8, 4) is 0 Å². The molecule has 0 aromatic rings. The van der Waals surface area contributed by atoms with Gasteiger partial charge in [0.15, 0.2) is 5.60 Å². The Bertz CT molecular complexity index is 138. The van der Waals surface area contributed by atoms with Crippen molar-refractivity contribution in [3.05, 3.63) is 0 Å². The van der Waals surface area contributed by atoms with Crippen LogP contribution in [0.5, 0.6) is 0 Å². The Morgan fingerprint density at radius 2 is 1.58 bits per heavy atom. The molecule has 0 rings (SSSR count). The molecule has 4 heteroatoms. The van der Waals surface area contributed by atoms with Crippen LogP contribution in [0, 0.1) is 5.92 Å². The molecule has 0 aliphatic carbocycles. The van der Waals surface area contributed by atoms with Crippen molar-refractivity contribution in [3.63, 3.8) is 0 Å². The Hall–Kier alpha value is -0.250. The van der Waals surface area contributed by atoms with Crippen LogP contribution in [0.1, 0.15) is 27.7 Å². The molecule has 74 valence electrons. The van der Waals surface area contributed by atoms with E-state index in [1.807, 2.05) is 13.8 Å². The first kappa shape index (κ1) is 11.8. The molecule has 0 aromatic carbocycles. The molecule has 0 spiro atoms. The first-order valence-corrected chi connectivity index (χ1v) is 3.87. The van der Waals surface area contributed by atoms with Crippen LogP contribution in [0.15, 0.2) is 0 Å². The lowest BCUT2D eigenvalue weighted by atomic mass is 10.1. The molecular weight excluding hydrogens is 169 g/mol. The van der Waals surface area contributed by atoms with Crippen molar-refractivity contribution >= 4 is 0 Å². The summed E-state index contributed by atoms with van der Waals surface area (Å²) in [5.41, 5.74) is -2.03. The maximum Gasteiger partial charge on any atom is 0.416 e. The lowest BCUT2D eigenvalue weighted by molar-refractivity contribution is -0.265. The lowest BCUT2D eigenvalue weighted by Gasteiger charge is -2.28. The third-order valence-corrected chi connectivity index (χ3v) is 1.46. The van der Waals surface area contributed by atoms with Gasteiger partial charge in [0.1, 0.15) is 0 Å². The fourth-order valence-electron chi connectivity index (χ4n) is 0.457. The Kier molecular flexibility index (Phi) is 3.57. The van der Waals surface area contributed by atoms with Gasteiger partial charge in [0, 0.05) is 0 Å². The summed E-state index contributed by atoms with van der Waals surface area (Å²) in [6.07, 6.45) is -4.29. The van der Waals surface area contributed by atoms with E-state index in [0.717, 1.165) is 13.8 Å². The number of ether oxygens (including phenoxy) is 1. The van der Waals surface area contributed by atoms with Crippen molar-refractivity contribution in [2.24, 2.45) is 5.92 Å². The second kappa shape index (κ2) is 3.64. The van der Waals surface area contributed by atoms with Crippen molar-refractivity contribution in [1.82, 2.24) is 0 Å². The molecule has 1 nitrogen and oxygen atoms in total. The van der Waals surface area contributed by atoms with Crippen LogP contribution in [0.2, 0.25) is 0 Å². The number of hydrogen-bond donors (Lipinski definition) is 0. The predicted octanol–water partition coefficient (Wildman–Crippen LogP) is 3.00. The van der Waals surface area contributed by atoms with Crippen molar-refractivity contribution in [2.75, 3.05) is 6.61 Å². The SMILES string of the molecule is CC(C)COC(C)(C)C(F)(F)F. The van der Waals surface area contributed by atoms with Gasteiger partial charge in [-0.05, 0) is 19.8 Å². The van der Waals surface area contributed by atoms with Crippen molar-refractivity contribution in [2.45, 2.75) is 39.5 Å². The number of rotatable bonds is 3. The van der Waals surface area contributed by atoms with E-state index in [2.05, 4.69) is 0 Å². The largest absolute Gasteiger partial charge is 0.416 e. The van der Waals surface area contributed by atoms with E-state index in [-0.39, 0.29) is 12.5 Å². The Balaban J connectivity index is 4.05. The van der Waals surface area contributed by atoms with E-state index >= 15 is 0 Å². The van der Waals surface area contributed by atoms with E-state index in [1.165, 1.54) is 0 Å². The van der Waals surface area contributed by atoms with E-state index in [1.54, 1.807) is 0 Å². The Morgan fingerprint density at radius 3 is 1.83 bits per heavy atom. The Morgan fingerprint density at radius 1 is 1.17 bits per heavy atom. The van der Waals surface area contributed by atoms with Crippen molar-refractivity contribution in [1.29, 1.82) is 0 Å². The molecule has 0 saturated heterocycles. The van der Waals surface area contributed by atoms with E-state index in [9.17, 15) is 13.2 Å². The van der Waals surface area contributed by atoms with Gasteiger partial charge >= 0.3 is 6.18 Å². The third kappa shape index (κ3) is 3.43. The fourth-order valence-corrected chi connectivity index (χ4v) is 0.457. The maximum atomic E-state index is 12.2. The topological polar surface area (TPSA) is 9.23 Å². The molecule has 0 amide bonds. The van der Waals surface area contributed by atoms with E-state index in [4.69, 9.17) is 4.74 Å². The Labute approximate surface area is 70.9 Å². The van der Waals surface area contributed by atoms with Crippen LogP contribution in [0.4, 0.5) is 13.2 Å². The van der Waals surface area contributed by atoms with Crippen molar-refractivity contribution < 1.29 is 17.9 Å². The van der Waals surface area contributed by atoms with Crippen LogP contribution in [0.3, 0.4) is 0 Å². The normalized spacial score (nSPS) is 14.0. The summed E-state index contributed by atoms with van der Waals surface area (Å²) in [5.74, 6) is 0.117. The highest BCUT2D eigenvalue weighted by atomic mass is 19.4. The van der Waals surface area contributed by atoms with Gasteiger partial charge in [0.25, 0.3) is 0 Å². The molecule has 0 saturated carbocycles. The molecule has 0 bridgehead atoms. The summed E-state index contributed by atoms with van der Waals surface area (Å²) in [4.78, 5) is 0. The zero-order valence-corrected chi connectivity index (χ0v) is 7.83. The summed E-state index contributed by atoms with van der Waals surface area (Å²) in [6.45, 7) is 5.83. The van der Waals surface area contributed by atoms with Gasteiger partial charge in [0.2, 0.25) is 0 Å². The fraction of sp³-hybridized carbons (Fsp3) is 1.00. The van der Waals surface area contributed by atoms with Gasteiger partial charge in [-0.2, -0.15) is 13.2 Å². The van der Waals surface area contributed by atoms with Gasteiger partial charge in [-0.25, -0.2) is 0 Å². The first-order valence-electron chi connectivity index (χ1n) is 3.87. The minimum Gasteiger partial charge on any atom is -0.366 e. The molecule has 0 fully saturated rings. The summed E-state index contributed by atoms with van der Waals surface area (Å²) >= 11 is 0. The molecule has 12 heavy (non-hydrogen) atoms. The zero-order valence-electron chi connectivity index (χ0n) is 7.83. The zero-order chi connectivity index (χ0) is 9.99. The highest BCUT2D eigenvalue weighted by molar-refractivity contribution is 4.78. The van der Waals surface area contributed by atoms with Crippen LogP contribution in [-0.4, -0.2) is 18.4 Å². The number of alkyl halides is 3. The highest BCUT2D eigenvalue weighted by Crippen LogP contribution is 2.32. The number of halogens is 3. The van der Waals surface area contributed by atoms with Gasteiger partial charge in [0.05, 0.1) is 6.61 Å². The van der Waals surface area contributed by atoms with E-state index < -0.39 is 11.8 Å². The molecule has 0 aromatic heterocycles. The molecule has 0 radical (unpaired) electrons. The van der Waals surface area contributed by atoms with Gasteiger partial charge in [-0.1, -0.05) is 13.8 Å². The van der Waals surface area contributed by atoms with Crippen LogP contribution in [-0.2, 0) is 4.74 Å². The summed E-state index contributed by atoms with van der Waals surface area (Å²) in [6, 6.07) is 0. The second-order valence-electron chi connectivity index (χ2n) is 3.71. The molecule has 0 heterocycles. The van der Waals surface area contributed by atoms with Crippen LogP contribution < -0.4 is 0 Å². The highest BCUT2D eigenvalue weighted by Gasteiger charge is 2.48. The summed E-state index contributed by atoms with van der Waals surface area (Å²) in [5, 5.41) is 0. The van der Waals surface area contributed by atoms with Crippen LogP contribution >= 0.6 is 0 Å². The smallest absolute Gasteiger partial charge is 0.366 e. The minimum absolute atomic E-state index is 0.117. The average molecular weight is 184 g/mol. The first-order chi connectivity index (χ1) is 5.17.